The number of nitrogens with zero attached hydrogens (tertiary/aromatic N) is 2. The molecular formula is C3HClN2O3. The van der Waals surface area contributed by atoms with Crippen molar-refractivity contribution in [1.29, 1.82) is 0 Å². The lowest BCUT2D eigenvalue weighted by atomic mass is 10.6. The van der Waals surface area contributed by atoms with Crippen LogP contribution >= 0.6 is 11.6 Å². The summed E-state index contributed by atoms with van der Waals surface area (Å²) >= 11 is 5.19. The normalized spacial score (nSPS) is 9.44. The summed E-state index contributed by atoms with van der Waals surface area (Å²) in [5.74, 6) is 0. The molecule has 1 aromatic rings. The Bertz CT molecular complexity index is 233. The molecule has 0 atom stereocenters. The number of aromatic nitrogens is 1. The molecule has 0 saturated heterocycles. The van der Waals surface area contributed by atoms with E-state index in [2.05, 4.69) is 9.68 Å². The molecule has 1 heterocycles. The van der Waals surface area contributed by atoms with E-state index in [1.54, 1.807) is 0 Å². The Labute approximate surface area is 54.4 Å². The highest BCUT2D eigenvalue weighted by atomic mass is 35.5. The Balaban J connectivity index is 3.08. The maximum Gasteiger partial charge on any atom is 0.347 e. The molecule has 0 radical (unpaired) electrons. The number of halogens is 1. The molecule has 0 aliphatic heterocycles. The van der Waals surface area contributed by atoms with Crippen LogP contribution in [0.4, 0.5) is 5.69 Å². The van der Waals surface area contributed by atoms with Gasteiger partial charge in [-0.15, -0.1) is 0 Å². The summed E-state index contributed by atoms with van der Waals surface area (Å²) in [6.45, 7) is 0. The molecule has 5 nitrogen and oxygen atoms in total. The van der Waals surface area contributed by atoms with Crippen LogP contribution in [0.3, 0.4) is 0 Å². The lowest BCUT2D eigenvalue weighted by Gasteiger charge is -1.78. The quantitative estimate of drug-likeness (QED) is 0.444. The van der Waals surface area contributed by atoms with E-state index in [1.165, 1.54) is 0 Å². The van der Waals surface area contributed by atoms with E-state index in [4.69, 9.17) is 11.6 Å². The third-order valence-electron chi connectivity index (χ3n) is 0.705. The Kier molecular flexibility index (Phi) is 1.35. The molecule has 0 N–H and O–H groups in total. The molecule has 0 aliphatic rings. The van der Waals surface area contributed by atoms with E-state index in [0.29, 0.717) is 0 Å². The van der Waals surface area contributed by atoms with Gasteiger partial charge in [-0.3, -0.25) is 10.1 Å². The predicted molar refractivity (Wildman–Crippen MR) is 28.2 cm³/mol. The van der Waals surface area contributed by atoms with Crippen molar-refractivity contribution < 1.29 is 9.45 Å². The third kappa shape index (κ3) is 0.996. The fourth-order valence-corrected chi connectivity index (χ4v) is 0.490. The van der Waals surface area contributed by atoms with Crippen LogP contribution in [0.15, 0.2) is 10.8 Å². The van der Waals surface area contributed by atoms with Gasteiger partial charge in [0, 0.05) is 0 Å². The minimum absolute atomic E-state index is 0.222. The van der Waals surface area contributed by atoms with E-state index in [9.17, 15) is 10.1 Å². The van der Waals surface area contributed by atoms with Crippen molar-refractivity contribution in [3.8, 4) is 0 Å². The van der Waals surface area contributed by atoms with Crippen molar-refractivity contribution in [3.05, 3.63) is 21.5 Å². The van der Waals surface area contributed by atoms with Crippen molar-refractivity contribution >= 4 is 17.3 Å². The molecule has 48 valence electrons. The van der Waals surface area contributed by atoms with E-state index < -0.39 is 4.92 Å². The number of hydrogen-bond acceptors (Lipinski definition) is 4. The zero-order chi connectivity index (χ0) is 6.85. The molecule has 0 fully saturated rings. The minimum atomic E-state index is -0.668. The van der Waals surface area contributed by atoms with Crippen LogP contribution in [0.5, 0.6) is 0 Å². The van der Waals surface area contributed by atoms with Gasteiger partial charge in [-0.1, -0.05) is 16.8 Å². The zero-order valence-electron chi connectivity index (χ0n) is 4.07. The first-order valence-electron chi connectivity index (χ1n) is 1.96. The van der Waals surface area contributed by atoms with E-state index >= 15 is 0 Å². The highest BCUT2D eigenvalue weighted by molar-refractivity contribution is 6.31. The van der Waals surface area contributed by atoms with Gasteiger partial charge in [0.2, 0.25) is 11.4 Å². The van der Waals surface area contributed by atoms with Crippen LogP contribution in [0, 0.1) is 10.1 Å². The summed E-state index contributed by atoms with van der Waals surface area (Å²) in [7, 11) is 0. The highest BCUT2D eigenvalue weighted by Crippen LogP contribution is 2.20. The lowest BCUT2D eigenvalue weighted by Crippen LogP contribution is -1.84. The van der Waals surface area contributed by atoms with Crippen molar-refractivity contribution in [3.63, 3.8) is 0 Å². The van der Waals surface area contributed by atoms with Gasteiger partial charge in [0.25, 0.3) is 0 Å². The number of rotatable bonds is 1. The van der Waals surface area contributed by atoms with E-state index in [0.717, 1.165) is 6.26 Å². The molecule has 0 aliphatic carbocycles. The Morgan fingerprint density at radius 3 is 2.78 bits per heavy atom. The Hall–Kier alpha value is -1.10. The maximum absolute atomic E-state index is 9.90. The van der Waals surface area contributed by atoms with E-state index in [-0.39, 0.29) is 10.8 Å². The van der Waals surface area contributed by atoms with E-state index in [1.807, 2.05) is 0 Å². The fraction of sp³-hybridized carbons (Fsp3) is 0. The topological polar surface area (TPSA) is 69.2 Å². The molecular weight excluding hydrogens is 147 g/mol. The first-order valence-corrected chi connectivity index (χ1v) is 2.34. The molecule has 6 heteroatoms. The Morgan fingerprint density at radius 1 is 1.89 bits per heavy atom. The predicted octanol–water partition coefficient (Wildman–Crippen LogP) is 1.24. The zero-order valence-corrected chi connectivity index (χ0v) is 4.83. The summed E-state index contributed by atoms with van der Waals surface area (Å²) in [6.07, 6.45) is 0.877. The molecule has 0 bridgehead atoms. The van der Waals surface area contributed by atoms with Gasteiger partial charge >= 0.3 is 5.69 Å². The average molecular weight is 149 g/mol. The average Bonchev–Trinajstić information content (AvgIpc) is 2.13. The van der Waals surface area contributed by atoms with Crippen LogP contribution in [0.1, 0.15) is 0 Å². The molecule has 0 saturated carbocycles. The van der Waals surface area contributed by atoms with Gasteiger partial charge in [0.1, 0.15) is 0 Å². The number of hydrogen-bond donors (Lipinski definition) is 0. The molecule has 0 amide bonds. The van der Waals surface area contributed by atoms with Crippen LogP contribution in [0.25, 0.3) is 0 Å². The van der Waals surface area contributed by atoms with Crippen molar-refractivity contribution in [2.24, 2.45) is 0 Å². The largest absolute Gasteiger partial charge is 0.356 e. The summed E-state index contributed by atoms with van der Waals surface area (Å²) < 4.78 is 4.18. The molecule has 1 rings (SSSR count). The minimum Gasteiger partial charge on any atom is -0.356 e. The van der Waals surface area contributed by atoms with Gasteiger partial charge in [0.15, 0.2) is 0 Å². The molecule has 0 unspecified atom stereocenters. The third-order valence-corrected chi connectivity index (χ3v) is 0.968. The second-order valence-electron chi connectivity index (χ2n) is 1.25. The second-order valence-corrected chi connectivity index (χ2v) is 1.61. The summed E-state index contributed by atoms with van der Waals surface area (Å²) in [5, 5.41) is 12.8. The SMILES string of the molecule is O=[N+]([O-])c1conc1Cl. The van der Waals surface area contributed by atoms with Gasteiger partial charge in [-0.25, -0.2) is 0 Å². The highest BCUT2D eigenvalue weighted by Gasteiger charge is 2.15. The summed E-state index contributed by atoms with van der Waals surface area (Å²) in [6, 6.07) is 0. The van der Waals surface area contributed by atoms with Crippen LogP contribution < -0.4 is 0 Å². The van der Waals surface area contributed by atoms with Crippen molar-refractivity contribution in [2.75, 3.05) is 0 Å². The van der Waals surface area contributed by atoms with Gasteiger partial charge < -0.3 is 4.52 Å². The van der Waals surface area contributed by atoms with Gasteiger partial charge in [-0.2, -0.15) is 0 Å². The van der Waals surface area contributed by atoms with Crippen LogP contribution in [-0.2, 0) is 0 Å². The monoisotopic (exact) mass is 148 g/mol. The lowest BCUT2D eigenvalue weighted by molar-refractivity contribution is -0.385. The molecule has 0 spiro atoms. The smallest absolute Gasteiger partial charge is 0.347 e. The van der Waals surface area contributed by atoms with Crippen molar-refractivity contribution in [2.45, 2.75) is 0 Å². The fourth-order valence-electron chi connectivity index (χ4n) is 0.336. The first-order chi connectivity index (χ1) is 4.22. The molecule has 1 aromatic heterocycles. The first kappa shape index (κ1) is 6.03. The summed E-state index contributed by atoms with van der Waals surface area (Å²) in [5.41, 5.74) is -0.309. The van der Waals surface area contributed by atoms with Crippen molar-refractivity contribution in [1.82, 2.24) is 5.16 Å². The number of nitro groups is 1. The van der Waals surface area contributed by atoms with Crippen LogP contribution in [-0.4, -0.2) is 10.1 Å². The summed E-state index contributed by atoms with van der Waals surface area (Å²) in [4.78, 5) is 9.24. The Morgan fingerprint density at radius 2 is 2.56 bits per heavy atom. The second kappa shape index (κ2) is 2.02. The van der Waals surface area contributed by atoms with Crippen LogP contribution in [0.2, 0.25) is 5.15 Å². The van der Waals surface area contributed by atoms with Gasteiger partial charge in [0.05, 0.1) is 4.92 Å². The van der Waals surface area contributed by atoms with Gasteiger partial charge in [-0.05, 0) is 0 Å². The standard InChI is InChI=1S/C3HClN2O3/c4-3-2(6(7)8)1-9-5-3/h1H. The maximum atomic E-state index is 9.90. The molecule has 9 heavy (non-hydrogen) atoms. The molecule has 0 aromatic carbocycles.